The molecule has 0 radical (unpaired) electrons. The first-order chi connectivity index (χ1) is 8.11. The molecular weight excluding hydrogens is 234 g/mol. The number of amides is 2. The molecule has 18 heavy (non-hydrogen) atoms. The minimum Gasteiger partial charge on any atom is -0.443 e. The molecule has 1 aliphatic rings. The molecule has 0 aromatic rings. The number of nitrogens with zero attached hydrogens (tertiary/aromatic N) is 1. The molecule has 0 aromatic heterocycles. The van der Waals surface area contributed by atoms with Gasteiger partial charge in [0.05, 0.1) is 6.42 Å². The van der Waals surface area contributed by atoms with Crippen molar-refractivity contribution in [3.05, 3.63) is 0 Å². The Morgan fingerprint density at radius 1 is 1.39 bits per heavy atom. The Balaban J connectivity index is 2.86. The van der Waals surface area contributed by atoms with Gasteiger partial charge in [0.25, 0.3) is 0 Å². The summed E-state index contributed by atoms with van der Waals surface area (Å²) >= 11 is 0. The Labute approximate surface area is 107 Å². The first-order valence-electron chi connectivity index (χ1n) is 6.19. The molecule has 1 fully saturated rings. The fourth-order valence-corrected chi connectivity index (χ4v) is 1.89. The number of hydrogen-bond acceptors (Lipinski definition) is 4. The molecule has 0 spiro atoms. The summed E-state index contributed by atoms with van der Waals surface area (Å²) in [5, 5.41) is 0. The lowest BCUT2D eigenvalue weighted by molar-refractivity contribution is -0.128. The van der Waals surface area contributed by atoms with E-state index in [0.29, 0.717) is 6.42 Å². The van der Waals surface area contributed by atoms with Gasteiger partial charge < -0.3 is 4.74 Å². The molecule has 0 saturated carbocycles. The van der Waals surface area contributed by atoms with Gasteiger partial charge in [0.15, 0.2) is 5.78 Å². The number of imide groups is 1. The van der Waals surface area contributed by atoms with Crippen LogP contribution in [-0.4, -0.2) is 34.3 Å². The van der Waals surface area contributed by atoms with Crippen LogP contribution in [0.5, 0.6) is 0 Å². The summed E-state index contributed by atoms with van der Waals surface area (Å²) in [5.74, 6) is -0.422. The van der Waals surface area contributed by atoms with Crippen LogP contribution in [0.15, 0.2) is 0 Å². The average Bonchev–Trinajstić information content (AvgIpc) is 2.37. The maximum absolute atomic E-state index is 11.9. The molecule has 5 nitrogen and oxygen atoms in total. The zero-order chi connectivity index (χ0) is 14.1. The molecule has 1 atom stereocenters. The van der Waals surface area contributed by atoms with Crippen molar-refractivity contribution in [2.45, 2.75) is 59.1 Å². The highest BCUT2D eigenvalue weighted by molar-refractivity contribution is 6.13. The third-order valence-electron chi connectivity index (χ3n) is 2.56. The Morgan fingerprint density at radius 2 is 1.94 bits per heavy atom. The van der Waals surface area contributed by atoms with E-state index in [0.717, 1.165) is 4.90 Å². The van der Waals surface area contributed by atoms with Gasteiger partial charge in [-0.25, -0.2) is 9.69 Å². The lowest BCUT2D eigenvalue weighted by atomic mass is 10.0. The van der Waals surface area contributed by atoms with Crippen molar-refractivity contribution < 1.29 is 19.1 Å². The van der Waals surface area contributed by atoms with Crippen LogP contribution in [-0.2, 0) is 14.3 Å². The van der Waals surface area contributed by atoms with Gasteiger partial charge in [-0.05, 0) is 33.1 Å². The van der Waals surface area contributed by atoms with Crippen molar-refractivity contribution in [1.29, 1.82) is 0 Å². The second kappa shape index (κ2) is 5.08. The van der Waals surface area contributed by atoms with E-state index in [1.807, 2.05) is 13.8 Å². The average molecular weight is 255 g/mol. The monoisotopic (exact) mass is 255 g/mol. The molecule has 0 aromatic carbocycles. The SMILES string of the molecule is CC(C)CC1C(=O)CC(=O)N1C(=O)OC(C)(C)C. The maximum atomic E-state index is 11.9. The quantitative estimate of drug-likeness (QED) is 0.709. The Hall–Kier alpha value is -1.39. The molecule has 0 aliphatic carbocycles. The number of ketones is 1. The summed E-state index contributed by atoms with van der Waals surface area (Å²) in [4.78, 5) is 36.4. The standard InChI is InChI=1S/C13H21NO4/c1-8(2)6-9-10(15)7-11(16)14(9)12(17)18-13(3,4)5/h8-9H,6-7H2,1-5H3. The third kappa shape index (κ3) is 3.55. The predicted molar refractivity (Wildman–Crippen MR) is 65.9 cm³/mol. The molecule has 5 heteroatoms. The first-order valence-corrected chi connectivity index (χ1v) is 6.19. The second-order valence-corrected chi connectivity index (χ2v) is 6.03. The fourth-order valence-electron chi connectivity index (χ4n) is 1.89. The van der Waals surface area contributed by atoms with Crippen LogP contribution in [0.1, 0.15) is 47.5 Å². The summed E-state index contributed by atoms with van der Waals surface area (Å²) in [7, 11) is 0. The van der Waals surface area contributed by atoms with Crippen LogP contribution in [0.4, 0.5) is 4.79 Å². The summed E-state index contributed by atoms with van der Waals surface area (Å²) in [6, 6.07) is -0.660. The van der Waals surface area contributed by atoms with Gasteiger partial charge in [0.2, 0.25) is 5.91 Å². The molecule has 1 rings (SSSR count). The third-order valence-corrected chi connectivity index (χ3v) is 2.56. The smallest absolute Gasteiger partial charge is 0.417 e. The van der Waals surface area contributed by atoms with Gasteiger partial charge in [0, 0.05) is 0 Å². The molecule has 1 aliphatic heterocycles. The van der Waals surface area contributed by atoms with Crippen molar-refractivity contribution in [3.8, 4) is 0 Å². The minimum absolute atomic E-state index is 0.195. The second-order valence-electron chi connectivity index (χ2n) is 6.03. The molecule has 0 N–H and O–H groups in total. The van der Waals surface area contributed by atoms with Crippen molar-refractivity contribution in [2.24, 2.45) is 5.92 Å². The van der Waals surface area contributed by atoms with Gasteiger partial charge in [-0.3, -0.25) is 9.59 Å². The van der Waals surface area contributed by atoms with E-state index >= 15 is 0 Å². The van der Waals surface area contributed by atoms with Gasteiger partial charge in [-0.15, -0.1) is 0 Å². The first kappa shape index (κ1) is 14.7. The summed E-state index contributed by atoms with van der Waals surface area (Å²) in [6.07, 6.45) is -0.426. The highest BCUT2D eigenvalue weighted by Crippen LogP contribution is 2.24. The van der Waals surface area contributed by atoms with E-state index in [2.05, 4.69) is 0 Å². The lowest BCUT2D eigenvalue weighted by Crippen LogP contribution is -2.44. The number of rotatable bonds is 2. The maximum Gasteiger partial charge on any atom is 0.417 e. The predicted octanol–water partition coefficient (Wildman–Crippen LogP) is 2.14. The van der Waals surface area contributed by atoms with Crippen molar-refractivity contribution in [2.75, 3.05) is 0 Å². The number of carbonyl (C=O) groups is 3. The Morgan fingerprint density at radius 3 is 2.39 bits per heavy atom. The van der Waals surface area contributed by atoms with E-state index in [-0.39, 0.29) is 18.1 Å². The Bertz CT molecular complexity index is 368. The molecular formula is C13H21NO4. The number of carbonyl (C=O) groups excluding carboxylic acids is 3. The molecule has 2 amide bonds. The topological polar surface area (TPSA) is 63.7 Å². The van der Waals surface area contributed by atoms with Crippen LogP contribution < -0.4 is 0 Å². The largest absolute Gasteiger partial charge is 0.443 e. The van der Waals surface area contributed by atoms with E-state index in [1.54, 1.807) is 20.8 Å². The highest BCUT2D eigenvalue weighted by atomic mass is 16.6. The van der Waals surface area contributed by atoms with Crippen molar-refractivity contribution in [1.82, 2.24) is 4.90 Å². The van der Waals surface area contributed by atoms with Crippen LogP contribution >= 0.6 is 0 Å². The zero-order valence-electron chi connectivity index (χ0n) is 11.6. The lowest BCUT2D eigenvalue weighted by Gasteiger charge is -2.27. The number of likely N-dealkylation sites (tertiary alicyclic amines) is 1. The fraction of sp³-hybridized carbons (Fsp3) is 0.769. The van der Waals surface area contributed by atoms with Crippen LogP contribution in [0, 0.1) is 5.92 Å². The Kier molecular flexibility index (Phi) is 4.14. The minimum atomic E-state index is -0.719. The van der Waals surface area contributed by atoms with E-state index in [4.69, 9.17) is 4.74 Å². The summed E-state index contributed by atoms with van der Waals surface area (Å²) < 4.78 is 5.17. The summed E-state index contributed by atoms with van der Waals surface area (Å²) in [5.41, 5.74) is -0.675. The van der Waals surface area contributed by atoms with Crippen LogP contribution in [0.25, 0.3) is 0 Å². The van der Waals surface area contributed by atoms with Gasteiger partial charge in [0.1, 0.15) is 11.6 Å². The van der Waals surface area contributed by atoms with E-state index in [9.17, 15) is 14.4 Å². The van der Waals surface area contributed by atoms with Crippen LogP contribution in [0.2, 0.25) is 0 Å². The zero-order valence-corrected chi connectivity index (χ0v) is 11.6. The normalized spacial score (nSPS) is 20.8. The van der Waals surface area contributed by atoms with Gasteiger partial charge >= 0.3 is 6.09 Å². The van der Waals surface area contributed by atoms with Crippen molar-refractivity contribution >= 4 is 17.8 Å². The molecule has 102 valence electrons. The van der Waals surface area contributed by atoms with Gasteiger partial charge in [-0.1, -0.05) is 13.8 Å². The number of ether oxygens (including phenoxy) is 1. The summed E-state index contributed by atoms with van der Waals surface area (Å²) in [6.45, 7) is 9.08. The molecule has 0 bridgehead atoms. The molecule has 1 heterocycles. The highest BCUT2D eigenvalue weighted by Gasteiger charge is 2.44. The molecule has 1 saturated heterocycles. The molecule has 1 unspecified atom stereocenters. The van der Waals surface area contributed by atoms with Crippen LogP contribution in [0.3, 0.4) is 0 Å². The number of hydrogen-bond donors (Lipinski definition) is 0. The van der Waals surface area contributed by atoms with Gasteiger partial charge in [-0.2, -0.15) is 0 Å². The van der Waals surface area contributed by atoms with E-state index in [1.165, 1.54) is 0 Å². The van der Waals surface area contributed by atoms with E-state index < -0.39 is 23.6 Å². The van der Waals surface area contributed by atoms with Crippen molar-refractivity contribution in [3.63, 3.8) is 0 Å². The number of Topliss-reactive ketones (excluding diaryl/α,β-unsaturated/α-hetero) is 1.